The van der Waals surface area contributed by atoms with Gasteiger partial charge in [0, 0.05) is 25.4 Å². The van der Waals surface area contributed by atoms with Gasteiger partial charge in [0.2, 0.25) is 5.95 Å². The van der Waals surface area contributed by atoms with E-state index in [9.17, 15) is 0 Å². The Kier molecular flexibility index (Phi) is 5.75. The van der Waals surface area contributed by atoms with E-state index in [2.05, 4.69) is 65.3 Å². The average molecular weight is 298 g/mol. The summed E-state index contributed by atoms with van der Waals surface area (Å²) in [7, 11) is 2.09. The molecule has 0 spiro atoms. The van der Waals surface area contributed by atoms with Crippen molar-refractivity contribution in [2.75, 3.05) is 23.8 Å². The van der Waals surface area contributed by atoms with Gasteiger partial charge in [-0.3, -0.25) is 0 Å². The van der Waals surface area contributed by atoms with Gasteiger partial charge in [-0.05, 0) is 25.8 Å². The summed E-state index contributed by atoms with van der Waals surface area (Å²) in [4.78, 5) is 11.4. The van der Waals surface area contributed by atoms with Crippen LogP contribution in [0.1, 0.15) is 44.0 Å². The molecule has 22 heavy (non-hydrogen) atoms. The Bertz CT molecular complexity index is 583. The van der Waals surface area contributed by atoms with Crippen molar-refractivity contribution in [1.82, 2.24) is 9.97 Å². The van der Waals surface area contributed by atoms with E-state index in [4.69, 9.17) is 0 Å². The minimum absolute atomic E-state index is 0.178. The van der Waals surface area contributed by atoms with Crippen molar-refractivity contribution < 1.29 is 0 Å². The third kappa shape index (κ3) is 4.45. The SMILES string of the molecule is CCCCN(C)c1cc(C)nc(NC(C)c2ccccc2)n1. The summed E-state index contributed by atoms with van der Waals surface area (Å²) in [6, 6.07) is 12.6. The summed E-state index contributed by atoms with van der Waals surface area (Å²) >= 11 is 0. The number of aromatic nitrogens is 2. The van der Waals surface area contributed by atoms with Crippen molar-refractivity contribution in [3.05, 3.63) is 47.7 Å². The number of hydrogen-bond acceptors (Lipinski definition) is 4. The zero-order valence-corrected chi connectivity index (χ0v) is 14.0. The fourth-order valence-corrected chi connectivity index (χ4v) is 2.34. The number of aryl methyl sites for hydroxylation is 1. The lowest BCUT2D eigenvalue weighted by atomic mass is 10.1. The van der Waals surface area contributed by atoms with E-state index in [1.807, 2.05) is 19.1 Å². The molecule has 1 N–H and O–H groups in total. The topological polar surface area (TPSA) is 41.1 Å². The zero-order valence-electron chi connectivity index (χ0n) is 14.0. The minimum atomic E-state index is 0.178. The Balaban J connectivity index is 2.12. The van der Waals surface area contributed by atoms with Crippen molar-refractivity contribution in [3.63, 3.8) is 0 Å². The largest absolute Gasteiger partial charge is 0.360 e. The average Bonchev–Trinajstić information content (AvgIpc) is 2.52. The molecule has 0 aliphatic rings. The highest BCUT2D eigenvalue weighted by atomic mass is 15.2. The smallest absolute Gasteiger partial charge is 0.225 e. The summed E-state index contributed by atoms with van der Waals surface area (Å²) in [5.74, 6) is 1.67. The molecule has 1 aromatic heterocycles. The molecule has 2 aromatic rings. The molecular formula is C18H26N4. The molecule has 4 heteroatoms. The second-order valence-electron chi connectivity index (χ2n) is 5.74. The summed E-state index contributed by atoms with van der Waals surface area (Å²) in [6.45, 7) is 7.35. The third-order valence-electron chi connectivity index (χ3n) is 3.72. The van der Waals surface area contributed by atoms with Crippen molar-refractivity contribution >= 4 is 11.8 Å². The molecule has 118 valence electrons. The second kappa shape index (κ2) is 7.78. The normalized spacial score (nSPS) is 12.0. The van der Waals surface area contributed by atoms with Crippen LogP contribution in [0.5, 0.6) is 0 Å². The van der Waals surface area contributed by atoms with Crippen molar-refractivity contribution in [2.24, 2.45) is 0 Å². The molecule has 1 unspecified atom stereocenters. The Labute approximate surface area is 133 Å². The first kappa shape index (κ1) is 16.3. The van der Waals surface area contributed by atoms with Crippen LogP contribution in [0.2, 0.25) is 0 Å². The lowest BCUT2D eigenvalue weighted by Crippen LogP contribution is -2.21. The number of benzene rings is 1. The molecule has 0 amide bonds. The quantitative estimate of drug-likeness (QED) is 0.832. The summed E-state index contributed by atoms with van der Waals surface area (Å²) < 4.78 is 0. The monoisotopic (exact) mass is 298 g/mol. The molecule has 1 atom stereocenters. The van der Waals surface area contributed by atoms with Crippen LogP contribution in [0.3, 0.4) is 0 Å². The van der Waals surface area contributed by atoms with Crippen LogP contribution >= 0.6 is 0 Å². The standard InChI is InChI=1S/C18H26N4/c1-5-6-12-22(4)17-13-14(2)19-18(21-17)20-15(3)16-10-8-7-9-11-16/h7-11,13,15H,5-6,12H2,1-4H3,(H,19,20,21). The lowest BCUT2D eigenvalue weighted by molar-refractivity contribution is 0.756. The lowest BCUT2D eigenvalue weighted by Gasteiger charge is -2.20. The first-order valence-electron chi connectivity index (χ1n) is 7.98. The fourth-order valence-electron chi connectivity index (χ4n) is 2.34. The molecule has 0 bridgehead atoms. The molecule has 0 saturated carbocycles. The molecular weight excluding hydrogens is 272 g/mol. The van der Waals surface area contributed by atoms with E-state index in [0.29, 0.717) is 5.95 Å². The summed E-state index contributed by atoms with van der Waals surface area (Å²) in [5.41, 5.74) is 2.21. The maximum absolute atomic E-state index is 4.66. The van der Waals surface area contributed by atoms with Gasteiger partial charge in [0.05, 0.1) is 6.04 Å². The number of rotatable bonds is 7. The molecule has 1 aromatic carbocycles. The number of hydrogen-bond donors (Lipinski definition) is 1. The molecule has 1 heterocycles. The maximum Gasteiger partial charge on any atom is 0.225 e. The molecule has 0 radical (unpaired) electrons. The Morgan fingerprint density at radius 3 is 2.59 bits per heavy atom. The number of nitrogens with zero attached hydrogens (tertiary/aromatic N) is 3. The minimum Gasteiger partial charge on any atom is -0.360 e. The molecule has 0 aliphatic carbocycles. The van der Waals surface area contributed by atoms with Crippen LogP contribution in [0.4, 0.5) is 11.8 Å². The molecule has 0 saturated heterocycles. The molecule has 4 nitrogen and oxygen atoms in total. The van der Waals surface area contributed by atoms with Gasteiger partial charge in [-0.15, -0.1) is 0 Å². The van der Waals surface area contributed by atoms with Crippen molar-refractivity contribution in [3.8, 4) is 0 Å². The van der Waals surface area contributed by atoms with Gasteiger partial charge in [-0.1, -0.05) is 43.7 Å². The number of nitrogens with one attached hydrogen (secondary N) is 1. The highest BCUT2D eigenvalue weighted by molar-refractivity contribution is 5.45. The summed E-state index contributed by atoms with van der Waals surface area (Å²) in [6.07, 6.45) is 2.35. The van der Waals surface area contributed by atoms with E-state index in [1.54, 1.807) is 0 Å². The van der Waals surface area contributed by atoms with Crippen LogP contribution in [0.15, 0.2) is 36.4 Å². The van der Waals surface area contributed by atoms with Gasteiger partial charge in [-0.25, -0.2) is 4.98 Å². The van der Waals surface area contributed by atoms with E-state index in [1.165, 1.54) is 18.4 Å². The third-order valence-corrected chi connectivity index (χ3v) is 3.72. The first-order valence-corrected chi connectivity index (χ1v) is 7.98. The van der Waals surface area contributed by atoms with Gasteiger partial charge < -0.3 is 10.2 Å². The van der Waals surface area contributed by atoms with Gasteiger partial charge in [0.25, 0.3) is 0 Å². The van der Waals surface area contributed by atoms with E-state index >= 15 is 0 Å². The van der Waals surface area contributed by atoms with Gasteiger partial charge >= 0.3 is 0 Å². The first-order chi connectivity index (χ1) is 10.6. The maximum atomic E-state index is 4.66. The van der Waals surface area contributed by atoms with Crippen LogP contribution in [-0.4, -0.2) is 23.6 Å². The van der Waals surface area contributed by atoms with E-state index in [-0.39, 0.29) is 6.04 Å². The number of anilines is 2. The van der Waals surface area contributed by atoms with Gasteiger partial charge in [0.15, 0.2) is 0 Å². The van der Waals surface area contributed by atoms with Crippen molar-refractivity contribution in [1.29, 1.82) is 0 Å². The van der Waals surface area contributed by atoms with E-state index in [0.717, 1.165) is 18.1 Å². The van der Waals surface area contributed by atoms with Crippen LogP contribution < -0.4 is 10.2 Å². The Morgan fingerprint density at radius 1 is 1.18 bits per heavy atom. The molecule has 2 rings (SSSR count). The summed E-state index contributed by atoms with van der Waals surface area (Å²) in [5, 5.41) is 3.40. The van der Waals surface area contributed by atoms with Crippen LogP contribution in [-0.2, 0) is 0 Å². The number of unbranched alkanes of at least 4 members (excludes halogenated alkanes) is 1. The molecule has 0 aliphatic heterocycles. The van der Waals surface area contributed by atoms with E-state index < -0.39 is 0 Å². The Morgan fingerprint density at radius 2 is 1.91 bits per heavy atom. The Hall–Kier alpha value is -2.10. The molecule has 0 fully saturated rings. The predicted octanol–water partition coefficient (Wildman–Crippen LogP) is 4.19. The van der Waals surface area contributed by atoms with Crippen LogP contribution in [0.25, 0.3) is 0 Å². The zero-order chi connectivity index (χ0) is 15.9. The second-order valence-corrected chi connectivity index (χ2v) is 5.74. The van der Waals surface area contributed by atoms with Crippen LogP contribution in [0, 0.1) is 6.92 Å². The highest BCUT2D eigenvalue weighted by Crippen LogP contribution is 2.19. The van der Waals surface area contributed by atoms with Crippen molar-refractivity contribution in [2.45, 2.75) is 39.7 Å². The highest BCUT2D eigenvalue weighted by Gasteiger charge is 2.10. The van der Waals surface area contributed by atoms with Gasteiger partial charge in [-0.2, -0.15) is 4.98 Å². The van der Waals surface area contributed by atoms with Gasteiger partial charge in [0.1, 0.15) is 5.82 Å². The fraction of sp³-hybridized carbons (Fsp3) is 0.444. The predicted molar refractivity (Wildman–Crippen MR) is 93.4 cm³/mol.